The molecule has 1 aromatic carbocycles. The fourth-order valence-corrected chi connectivity index (χ4v) is 3.12. The standard InChI is InChI=1S/C16H25N3O2/c17-18-16(21)11-13-5-1-2-6-14(13)12-19(9-10-20)15-7-3-4-8-15/h1-2,5-6,15,20H,3-4,7-12,17H2,(H,18,21). The summed E-state index contributed by atoms with van der Waals surface area (Å²) < 4.78 is 0. The lowest BCUT2D eigenvalue weighted by molar-refractivity contribution is -0.120. The van der Waals surface area contributed by atoms with Crippen LogP contribution in [0.3, 0.4) is 0 Å². The van der Waals surface area contributed by atoms with Crippen LogP contribution in [0.5, 0.6) is 0 Å². The Hall–Kier alpha value is -1.43. The lowest BCUT2D eigenvalue weighted by atomic mass is 10.0. The van der Waals surface area contributed by atoms with Gasteiger partial charge in [-0.05, 0) is 24.0 Å². The number of nitrogens with two attached hydrogens (primary N) is 1. The fraction of sp³-hybridized carbons (Fsp3) is 0.562. The number of hydrogen-bond acceptors (Lipinski definition) is 4. The molecular formula is C16H25N3O2. The summed E-state index contributed by atoms with van der Waals surface area (Å²) in [6.45, 7) is 1.63. The van der Waals surface area contributed by atoms with Crippen LogP contribution >= 0.6 is 0 Å². The van der Waals surface area contributed by atoms with Gasteiger partial charge in [-0.1, -0.05) is 37.1 Å². The number of nitrogens with one attached hydrogen (secondary N) is 1. The molecule has 1 saturated carbocycles. The number of rotatable bonds is 7. The molecule has 1 aromatic rings. The van der Waals surface area contributed by atoms with Gasteiger partial charge >= 0.3 is 0 Å². The summed E-state index contributed by atoms with van der Waals surface area (Å²) in [5.41, 5.74) is 4.32. The topological polar surface area (TPSA) is 78.6 Å². The molecule has 1 aliphatic rings. The molecule has 5 nitrogen and oxygen atoms in total. The fourth-order valence-electron chi connectivity index (χ4n) is 3.12. The zero-order valence-corrected chi connectivity index (χ0v) is 12.4. The molecule has 5 heteroatoms. The van der Waals surface area contributed by atoms with E-state index in [0.717, 1.165) is 17.7 Å². The predicted octanol–water partition coefficient (Wildman–Crippen LogP) is 0.956. The van der Waals surface area contributed by atoms with Crippen molar-refractivity contribution in [1.82, 2.24) is 10.3 Å². The maximum Gasteiger partial charge on any atom is 0.238 e. The van der Waals surface area contributed by atoms with Crippen molar-refractivity contribution in [3.63, 3.8) is 0 Å². The van der Waals surface area contributed by atoms with Crippen molar-refractivity contribution >= 4 is 5.91 Å². The van der Waals surface area contributed by atoms with Crippen molar-refractivity contribution in [1.29, 1.82) is 0 Å². The summed E-state index contributed by atoms with van der Waals surface area (Å²) in [7, 11) is 0. The molecule has 0 bridgehead atoms. The summed E-state index contributed by atoms with van der Waals surface area (Å²) in [5, 5.41) is 9.31. The molecule has 0 heterocycles. The van der Waals surface area contributed by atoms with E-state index in [1.165, 1.54) is 25.7 Å². The van der Waals surface area contributed by atoms with Crippen molar-refractivity contribution in [2.45, 2.75) is 44.7 Å². The van der Waals surface area contributed by atoms with Gasteiger partial charge in [0, 0.05) is 19.1 Å². The Kier molecular flexibility index (Phi) is 6.17. The van der Waals surface area contributed by atoms with E-state index in [2.05, 4.69) is 16.4 Å². The van der Waals surface area contributed by atoms with Crippen molar-refractivity contribution in [2.24, 2.45) is 5.84 Å². The van der Waals surface area contributed by atoms with Crippen LogP contribution in [0.25, 0.3) is 0 Å². The zero-order chi connectivity index (χ0) is 15.1. The van der Waals surface area contributed by atoms with Crippen LogP contribution < -0.4 is 11.3 Å². The van der Waals surface area contributed by atoms with Gasteiger partial charge in [-0.3, -0.25) is 15.1 Å². The molecule has 0 saturated heterocycles. The molecule has 0 spiro atoms. The Morgan fingerprint density at radius 1 is 1.29 bits per heavy atom. The van der Waals surface area contributed by atoms with E-state index in [0.29, 0.717) is 19.0 Å². The first kappa shape index (κ1) is 15.9. The van der Waals surface area contributed by atoms with Crippen LogP contribution in [0.1, 0.15) is 36.8 Å². The summed E-state index contributed by atoms with van der Waals surface area (Å²) in [4.78, 5) is 13.9. The SMILES string of the molecule is NNC(=O)Cc1ccccc1CN(CCO)C1CCCC1. The van der Waals surface area contributed by atoms with Crippen LogP contribution in [0.2, 0.25) is 0 Å². The van der Waals surface area contributed by atoms with E-state index >= 15 is 0 Å². The largest absolute Gasteiger partial charge is 0.395 e. The second-order valence-corrected chi connectivity index (χ2v) is 5.65. The number of aliphatic hydroxyl groups excluding tert-OH is 1. The van der Waals surface area contributed by atoms with Crippen molar-refractivity contribution < 1.29 is 9.90 Å². The Balaban J connectivity index is 2.10. The minimum absolute atomic E-state index is 0.169. The van der Waals surface area contributed by atoms with Gasteiger partial charge in [-0.2, -0.15) is 0 Å². The van der Waals surface area contributed by atoms with Gasteiger partial charge < -0.3 is 5.11 Å². The lowest BCUT2D eigenvalue weighted by Crippen LogP contribution is -2.36. The molecule has 1 amide bonds. The van der Waals surface area contributed by atoms with Crippen LogP contribution in [-0.2, 0) is 17.8 Å². The van der Waals surface area contributed by atoms with Gasteiger partial charge in [0.05, 0.1) is 13.0 Å². The molecule has 0 radical (unpaired) electrons. The number of benzene rings is 1. The Morgan fingerprint density at radius 2 is 1.95 bits per heavy atom. The van der Waals surface area contributed by atoms with Gasteiger partial charge in [0.15, 0.2) is 0 Å². The monoisotopic (exact) mass is 291 g/mol. The van der Waals surface area contributed by atoms with Crippen LogP contribution in [0, 0.1) is 0 Å². The van der Waals surface area contributed by atoms with E-state index < -0.39 is 0 Å². The van der Waals surface area contributed by atoms with Crippen LogP contribution in [0.4, 0.5) is 0 Å². The van der Waals surface area contributed by atoms with E-state index in [4.69, 9.17) is 5.84 Å². The zero-order valence-electron chi connectivity index (χ0n) is 12.4. The molecule has 0 unspecified atom stereocenters. The van der Waals surface area contributed by atoms with E-state index in [-0.39, 0.29) is 12.5 Å². The predicted molar refractivity (Wildman–Crippen MR) is 82.2 cm³/mol. The second-order valence-electron chi connectivity index (χ2n) is 5.65. The first-order valence-electron chi connectivity index (χ1n) is 7.65. The van der Waals surface area contributed by atoms with E-state index in [9.17, 15) is 9.90 Å². The number of amides is 1. The van der Waals surface area contributed by atoms with Crippen molar-refractivity contribution in [3.8, 4) is 0 Å². The number of nitrogens with zero attached hydrogens (tertiary/aromatic N) is 1. The highest BCUT2D eigenvalue weighted by atomic mass is 16.3. The first-order chi connectivity index (χ1) is 10.2. The molecule has 4 N–H and O–H groups in total. The van der Waals surface area contributed by atoms with Crippen LogP contribution in [-0.4, -0.2) is 35.1 Å². The smallest absolute Gasteiger partial charge is 0.238 e. The third kappa shape index (κ3) is 4.52. The van der Waals surface area contributed by atoms with E-state index in [1.807, 2.05) is 18.2 Å². The maximum absolute atomic E-state index is 11.5. The minimum Gasteiger partial charge on any atom is -0.395 e. The highest BCUT2D eigenvalue weighted by molar-refractivity contribution is 5.78. The molecule has 1 aliphatic carbocycles. The molecule has 21 heavy (non-hydrogen) atoms. The van der Waals surface area contributed by atoms with Crippen molar-refractivity contribution in [3.05, 3.63) is 35.4 Å². The second kappa shape index (κ2) is 8.12. The van der Waals surface area contributed by atoms with Gasteiger partial charge in [0.25, 0.3) is 0 Å². The summed E-state index contributed by atoms with van der Waals surface area (Å²) in [5.74, 6) is 4.99. The maximum atomic E-state index is 11.5. The normalized spacial score (nSPS) is 15.6. The Labute approximate surface area is 126 Å². The molecule has 116 valence electrons. The third-order valence-corrected chi connectivity index (χ3v) is 4.23. The summed E-state index contributed by atoms with van der Waals surface area (Å²) in [6, 6.07) is 8.50. The van der Waals surface area contributed by atoms with Gasteiger partial charge in [0.1, 0.15) is 0 Å². The molecular weight excluding hydrogens is 266 g/mol. The van der Waals surface area contributed by atoms with Crippen molar-refractivity contribution in [2.75, 3.05) is 13.2 Å². The Morgan fingerprint density at radius 3 is 2.57 bits per heavy atom. The molecule has 0 atom stereocenters. The summed E-state index contributed by atoms with van der Waals surface area (Å²) >= 11 is 0. The van der Waals surface area contributed by atoms with Gasteiger partial charge in [-0.25, -0.2) is 5.84 Å². The summed E-state index contributed by atoms with van der Waals surface area (Å²) in [6.07, 6.45) is 5.23. The Bertz CT molecular complexity index is 459. The number of hydrogen-bond donors (Lipinski definition) is 3. The lowest BCUT2D eigenvalue weighted by Gasteiger charge is -2.29. The highest BCUT2D eigenvalue weighted by Crippen LogP contribution is 2.25. The van der Waals surface area contributed by atoms with E-state index in [1.54, 1.807) is 0 Å². The average Bonchev–Trinajstić information content (AvgIpc) is 3.02. The molecule has 2 rings (SSSR count). The van der Waals surface area contributed by atoms with Gasteiger partial charge in [-0.15, -0.1) is 0 Å². The minimum atomic E-state index is -0.183. The molecule has 1 fully saturated rings. The number of carbonyl (C=O) groups excluding carboxylic acids is 1. The first-order valence-corrected chi connectivity index (χ1v) is 7.65. The average molecular weight is 291 g/mol. The highest BCUT2D eigenvalue weighted by Gasteiger charge is 2.23. The van der Waals surface area contributed by atoms with Crippen LogP contribution in [0.15, 0.2) is 24.3 Å². The van der Waals surface area contributed by atoms with Gasteiger partial charge in [0.2, 0.25) is 5.91 Å². The molecule has 0 aliphatic heterocycles. The number of aliphatic hydroxyl groups is 1. The number of carbonyl (C=O) groups is 1. The number of hydrazine groups is 1. The quantitative estimate of drug-likeness (QED) is 0.397. The molecule has 0 aromatic heterocycles. The third-order valence-electron chi connectivity index (χ3n) is 4.23.